The first-order valence-corrected chi connectivity index (χ1v) is 18.6. The Bertz CT molecular complexity index is 2870. The molecule has 0 bridgehead atoms. The number of nitrogens with zero attached hydrogens (tertiary/aromatic N) is 1. The standard InChI is InChI=1S/C50H33NS/c1-3-14-34(15-4-1)35-26-28-36(29-27-35)37-30-32-39(33-31-37)51(46-24-13-23-45-42-20-11-12-25-47(42)52-50(45)46)49-44-22-10-8-19-41(44)40-18-7-9-21-43(40)48(49)38-16-5-2-6-17-38/h1-33H. The van der Waals surface area contributed by atoms with Gasteiger partial charge in [0.2, 0.25) is 0 Å². The Labute approximate surface area is 307 Å². The second-order valence-electron chi connectivity index (χ2n) is 13.3. The Hall–Kier alpha value is -6.48. The second-order valence-corrected chi connectivity index (χ2v) is 14.3. The van der Waals surface area contributed by atoms with Crippen LogP contribution >= 0.6 is 11.3 Å². The molecule has 0 spiro atoms. The summed E-state index contributed by atoms with van der Waals surface area (Å²) in [6, 6.07) is 72.9. The number of hydrogen-bond acceptors (Lipinski definition) is 2. The lowest BCUT2D eigenvalue weighted by Gasteiger charge is -2.31. The number of anilines is 3. The molecule has 0 aliphatic rings. The van der Waals surface area contributed by atoms with Gasteiger partial charge in [0, 0.05) is 32.1 Å². The van der Waals surface area contributed by atoms with Gasteiger partial charge in [-0.25, -0.2) is 0 Å². The minimum atomic E-state index is 1.12. The van der Waals surface area contributed by atoms with E-state index in [0.717, 1.165) is 5.69 Å². The minimum Gasteiger partial charge on any atom is -0.308 e. The summed E-state index contributed by atoms with van der Waals surface area (Å²) in [5, 5.41) is 7.55. The summed E-state index contributed by atoms with van der Waals surface area (Å²) in [4.78, 5) is 2.52. The molecule has 244 valence electrons. The van der Waals surface area contributed by atoms with E-state index in [0.29, 0.717) is 0 Å². The molecule has 52 heavy (non-hydrogen) atoms. The highest BCUT2D eigenvalue weighted by Gasteiger charge is 2.25. The molecule has 0 saturated carbocycles. The molecule has 0 aliphatic heterocycles. The molecule has 0 aliphatic carbocycles. The Morgan fingerprint density at radius 3 is 1.42 bits per heavy atom. The molecule has 0 radical (unpaired) electrons. The molecular formula is C50H33NS. The fraction of sp³-hybridized carbons (Fsp3) is 0. The highest BCUT2D eigenvalue weighted by molar-refractivity contribution is 7.26. The summed E-state index contributed by atoms with van der Waals surface area (Å²) < 4.78 is 2.58. The molecule has 0 saturated heterocycles. The number of hydrogen-bond donors (Lipinski definition) is 0. The molecule has 0 atom stereocenters. The van der Waals surface area contributed by atoms with Gasteiger partial charge in [-0.15, -0.1) is 11.3 Å². The maximum absolute atomic E-state index is 2.52. The van der Waals surface area contributed by atoms with Crippen molar-refractivity contribution in [3.8, 4) is 33.4 Å². The lowest BCUT2D eigenvalue weighted by Crippen LogP contribution is -2.12. The molecule has 1 heterocycles. The number of rotatable bonds is 6. The Kier molecular flexibility index (Phi) is 7.41. The van der Waals surface area contributed by atoms with Crippen LogP contribution in [0.5, 0.6) is 0 Å². The fourth-order valence-corrected chi connectivity index (χ4v) is 9.04. The molecule has 9 aromatic carbocycles. The Morgan fingerprint density at radius 2 is 0.769 bits per heavy atom. The van der Waals surface area contributed by atoms with E-state index in [2.05, 4.69) is 205 Å². The fourth-order valence-electron chi connectivity index (χ4n) is 7.84. The summed E-state index contributed by atoms with van der Waals surface area (Å²) >= 11 is 1.87. The van der Waals surface area contributed by atoms with E-state index in [4.69, 9.17) is 0 Å². The molecule has 0 N–H and O–H groups in total. The Balaban J connectivity index is 1.24. The van der Waals surface area contributed by atoms with E-state index in [9.17, 15) is 0 Å². The quantitative estimate of drug-likeness (QED) is 0.158. The van der Waals surface area contributed by atoms with Crippen LogP contribution in [0.3, 0.4) is 0 Å². The van der Waals surface area contributed by atoms with Crippen molar-refractivity contribution in [3.05, 3.63) is 200 Å². The van der Waals surface area contributed by atoms with Crippen molar-refractivity contribution in [3.63, 3.8) is 0 Å². The first kappa shape index (κ1) is 30.4. The SMILES string of the molecule is c1ccc(-c2ccc(-c3ccc(N(c4c(-c5ccccc5)c5ccccc5c5ccccc45)c4cccc5c4sc4ccccc45)cc3)cc2)cc1. The number of benzene rings is 9. The molecule has 10 aromatic rings. The minimum absolute atomic E-state index is 1.12. The van der Waals surface area contributed by atoms with Crippen LogP contribution in [0.2, 0.25) is 0 Å². The molecule has 0 fully saturated rings. The summed E-state index contributed by atoms with van der Waals surface area (Å²) in [7, 11) is 0. The van der Waals surface area contributed by atoms with Gasteiger partial charge in [0.1, 0.15) is 0 Å². The van der Waals surface area contributed by atoms with E-state index >= 15 is 0 Å². The predicted molar refractivity (Wildman–Crippen MR) is 225 cm³/mol. The van der Waals surface area contributed by atoms with Gasteiger partial charge >= 0.3 is 0 Å². The lowest BCUT2D eigenvalue weighted by atomic mass is 9.90. The van der Waals surface area contributed by atoms with Crippen molar-refractivity contribution in [2.75, 3.05) is 4.90 Å². The van der Waals surface area contributed by atoms with Crippen molar-refractivity contribution in [1.29, 1.82) is 0 Å². The van der Waals surface area contributed by atoms with Gasteiger partial charge in [0.15, 0.2) is 0 Å². The third-order valence-corrected chi connectivity index (χ3v) is 11.5. The molecule has 0 amide bonds. The van der Waals surface area contributed by atoms with Crippen LogP contribution < -0.4 is 4.90 Å². The largest absolute Gasteiger partial charge is 0.308 e. The lowest BCUT2D eigenvalue weighted by molar-refractivity contribution is 1.32. The van der Waals surface area contributed by atoms with Crippen molar-refractivity contribution in [2.24, 2.45) is 0 Å². The van der Waals surface area contributed by atoms with Crippen LogP contribution in [-0.4, -0.2) is 0 Å². The maximum Gasteiger partial charge on any atom is 0.0640 e. The smallest absolute Gasteiger partial charge is 0.0640 e. The van der Waals surface area contributed by atoms with Crippen LogP contribution in [-0.2, 0) is 0 Å². The van der Waals surface area contributed by atoms with Crippen LogP contribution in [0, 0.1) is 0 Å². The monoisotopic (exact) mass is 679 g/mol. The third-order valence-electron chi connectivity index (χ3n) is 10.3. The number of thiophene rings is 1. The van der Waals surface area contributed by atoms with Gasteiger partial charge in [0.05, 0.1) is 16.1 Å². The second kappa shape index (κ2) is 12.7. The summed E-state index contributed by atoms with van der Waals surface area (Å²) in [6.07, 6.45) is 0. The van der Waals surface area contributed by atoms with E-state index < -0.39 is 0 Å². The summed E-state index contributed by atoms with van der Waals surface area (Å²) in [5.74, 6) is 0. The van der Waals surface area contributed by atoms with Crippen molar-refractivity contribution < 1.29 is 0 Å². The van der Waals surface area contributed by atoms with Crippen LogP contribution in [0.25, 0.3) is 75.1 Å². The topological polar surface area (TPSA) is 3.24 Å². The van der Waals surface area contributed by atoms with Gasteiger partial charge < -0.3 is 4.90 Å². The van der Waals surface area contributed by atoms with Crippen molar-refractivity contribution in [1.82, 2.24) is 0 Å². The average molecular weight is 680 g/mol. The summed E-state index contributed by atoms with van der Waals surface area (Å²) in [6.45, 7) is 0. The van der Waals surface area contributed by atoms with E-state index in [1.165, 1.54) is 86.5 Å². The molecule has 1 nitrogen and oxygen atoms in total. The zero-order valence-corrected chi connectivity index (χ0v) is 29.2. The van der Waals surface area contributed by atoms with E-state index in [1.807, 2.05) is 11.3 Å². The molecule has 10 rings (SSSR count). The van der Waals surface area contributed by atoms with Gasteiger partial charge in [-0.2, -0.15) is 0 Å². The van der Waals surface area contributed by atoms with Crippen LogP contribution in [0.4, 0.5) is 17.1 Å². The normalized spacial score (nSPS) is 11.5. The van der Waals surface area contributed by atoms with E-state index in [-0.39, 0.29) is 0 Å². The molecule has 2 heteroatoms. The van der Waals surface area contributed by atoms with Crippen LogP contribution in [0.1, 0.15) is 0 Å². The highest BCUT2D eigenvalue weighted by Crippen LogP contribution is 2.52. The zero-order valence-electron chi connectivity index (χ0n) is 28.4. The van der Waals surface area contributed by atoms with Crippen molar-refractivity contribution >= 4 is 70.1 Å². The Morgan fingerprint density at radius 1 is 0.308 bits per heavy atom. The maximum atomic E-state index is 2.52. The van der Waals surface area contributed by atoms with Crippen molar-refractivity contribution in [2.45, 2.75) is 0 Å². The van der Waals surface area contributed by atoms with Gasteiger partial charge in [-0.3, -0.25) is 0 Å². The van der Waals surface area contributed by atoms with Crippen LogP contribution in [0.15, 0.2) is 200 Å². The van der Waals surface area contributed by atoms with Gasteiger partial charge in [-0.05, 0) is 68.2 Å². The first-order valence-electron chi connectivity index (χ1n) is 17.8. The van der Waals surface area contributed by atoms with Gasteiger partial charge in [-0.1, -0.05) is 176 Å². The molecule has 0 unspecified atom stereocenters. The first-order chi connectivity index (χ1) is 25.8. The number of fused-ring (bicyclic) bond motifs is 6. The average Bonchev–Trinajstić information content (AvgIpc) is 3.61. The molecular weight excluding hydrogens is 647 g/mol. The molecule has 1 aromatic heterocycles. The van der Waals surface area contributed by atoms with Gasteiger partial charge in [0.25, 0.3) is 0 Å². The zero-order chi connectivity index (χ0) is 34.4. The third kappa shape index (κ3) is 5.07. The summed E-state index contributed by atoms with van der Waals surface area (Å²) in [5.41, 5.74) is 10.7. The predicted octanol–water partition coefficient (Wildman–Crippen LogP) is 14.8. The highest BCUT2D eigenvalue weighted by atomic mass is 32.1. The van der Waals surface area contributed by atoms with E-state index in [1.54, 1.807) is 0 Å².